The van der Waals surface area contributed by atoms with E-state index in [9.17, 15) is 0 Å². The van der Waals surface area contributed by atoms with Gasteiger partial charge in [-0.05, 0) is 46.7 Å². The van der Waals surface area contributed by atoms with Gasteiger partial charge in [-0.2, -0.15) is 0 Å². The lowest BCUT2D eigenvalue weighted by atomic mass is 10.00. The molecule has 150 valence electrons. The quantitative estimate of drug-likeness (QED) is 0.347. The lowest BCUT2D eigenvalue weighted by molar-refractivity contribution is 0.760. The molecule has 0 bridgehead atoms. The molecule has 0 radical (unpaired) electrons. The SMILES string of the molecule is C=C(N)/C=C\C=C/CNCc1cccc(-c2cccc(C(=C)N/C=C\CN)c2)c1. The molecule has 0 amide bonds. The van der Waals surface area contributed by atoms with Gasteiger partial charge in [0.15, 0.2) is 0 Å². The second-order valence-corrected chi connectivity index (χ2v) is 6.54. The number of rotatable bonds is 11. The fraction of sp³-hybridized carbons (Fsp3) is 0.120. The first-order valence-electron chi connectivity index (χ1n) is 9.58. The fourth-order valence-electron chi connectivity index (χ4n) is 2.68. The van der Waals surface area contributed by atoms with Crippen LogP contribution in [0.4, 0.5) is 0 Å². The summed E-state index contributed by atoms with van der Waals surface area (Å²) < 4.78 is 0. The summed E-state index contributed by atoms with van der Waals surface area (Å²) in [4.78, 5) is 0. The molecule has 0 aliphatic heterocycles. The van der Waals surface area contributed by atoms with Crippen molar-refractivity contribution in [3.63, 3.8) is 0 Å². The Morgan fingerprint density at radius 3 is 2.48 bits per heavy atom. The maximum absolute atomic E-state index is 5.48. The van der Waals surface area contributed by atoms with E-state index in [4.69, 9.17) is 11.5 Å². The predicted molar refractivity (Wildman–Crippen MR) is 126 cm³/mol. The van der Waals surface area contributed by atoms with Crippen LogP contribution in [0.5, 0.6) is 0 Å². The third-order valence-corrected chi connectivity index (χ3v) is 4.13. The maximum Gasteiger partial charge on any atom is 0.0380 e. The highest BCUT2D eigenvalue weighted by molar-refractivity contribution is 5.71. The number of nitrogens with two attached hydrogens (primary N) is 2. The number of nitrogens with one attached hydrogen (secondary N) is 2. The van der Waals surface area contributed by atoms with Gasteiger partial charge in [0.05, 0.1) is 0 Å². The molecule has 0 aliphatic rings. The molecule has 29 heavy (non-hydrogen) atoms. The Balaban J connectivity index is 1.98. The fourth-order valence-corrected chi connectivity index (χ4v) is 2.68. The van der Waals surface area contributed by atoms with Crippen molar-refractivity contribution in [1.82, 2.24) is 10.6 Å². The van der Waals surface area contributed by atoms with E-state index in [1.54, 1.807) is 6.08 Å². The molecule has 2 aromatic rings. The van der Waals surface area contributed by atoms with E-state index in [0.717, 1.165) is 29.9 Å². The molecular weight excluding hydrogens is 356 g/mol. The summed E-state index contributed by atoms with van der Waals surface area (Å²) in [5, 5.41) is 6.57. The first-order chi connectivity index (χ1) is 14.1. The summed E-state index contributed by atoms with van der Waals surface area (Å²) in [6, 6.07) is 16.9. The molecule has 0 saturated carbocycles. The van der Waals surface area contributed by atoms with Gasteiger partial charge in [0.2, 0.25) is 0 Å². The van der Waals surface area contributed by atoms with Crippen molar-refractivity contribution >= 4 is 5.70 Å². The van der Waals surface area contributed by atoms with E-state index in [1.807, 2.05) is 42.6 Å². The Labute approximate surface area is 174 Å². The highest BCUT2D eigenvalue weighted by atomic mass is 14.8. The van der Waals surface area contributed by atoms with Gasteiger partial charge in [-0.1, -0.05) is 73.9 Å². The lowest BCUT2D eigenvalue weighted by Gasteiger charge is -2.10. The summed E-state index contributed by atoms with van der Waals surface area (Å²) >= 11 is 0. The molecule has 4 heteroatoms. The van der Waals surface area contributed by atoms with Gasteiger partial charge in [-0.15, -0.1) is 0 Å². The van der Waals surface area contributed by atoms with E-state index in [1.165, 1.54) is 11.1 Å². The van der Waals surface area contributed by atoms with Crippen LogP contribution in [0.25, 0.3) is 16.8 Å². The zero-order valence-electron chi connectivity index (χ0n) is 16.8. The van der Waals surface area contributed by atoms with Crippen molar-refractivity contribution in [2.75, 3.05) is 13.1 Å². The number of hydrogen-bond acceptors (Lipinski definition) is 4. The minimum atomic E-state index is 0.497. The number of allylic oxidation sites excluding steroid dienone is 3. The van der Waals surface area contributed by atoms with Crippen LogP contribution in [0.3, 0.4) is 0 Å². The standard InChI is InChI=1S/C25H30N4/c1-20(27)9-4-3-5-15-28-19-22-10-6-12-24(17-22)25-13-7-11-23(18-25)21(2)29-16-8-14-26/h3-13,16-18,28-29H,1-2,14-15,19,26-27H2/b5-3-,9-4-,16-8-. The van der Waals surface area contributed by atoms with Gasteiger partial charge in [-0.25, -0.2) is 0 Å². The van der Waals surface area contributed by atoms with Gasteiger partial charge in [0.1, 0.15) is 0 Å². The summed E-state index contributed by atoms with van der Waals surface area (Å²) in [7, 11) is 0. The van der Waals surface area contributed by atoms with Crippen molar-refractivity contribution in [1.29, 1.82) is 0 Å². The van der Waals surface area contributed by atoms with Crippen LogP contribution in [0.2, 0.25) is 0 Å². The zero-order valence-corrected chi connectivity index (χ0v) is 16.8. The summed E-state index contributed by atoms with van der Waals surface area (Å²) in [6.07, 6.45) is 11.3. The molecule has 0 spiro atoms. The Morgan fingerprint density at radius 1 is 0.966 bits per heavy atom. The molecule has 0 fully saturated rings. The molecule has 6 N–H and O–H groups in total. The highest BCUT2D eigenvalue weighted by Gasteiger charge is 2.03. The maximum atomic E-state index is 5.48. The van der Waals surface area contributed by atoms with Crippen LogP contribution in [0.1, 0.15) is 11.1 Å². The monoisotopic (exact) mass is 386 g/mol. The van der Waals surface area contributed by atoms with Crippen molar-refractivity contribution < 1.29 is 0 Å². The third-order valence-electron chi connectivity index (χ3n) is 4.13. The molecule has 0 saturated heterocycles. The van der Waals surface area contributed by atoms with Crippen LogP contribution in [-0.2, 0) is 6.54 Å². The zero-order chi connectivity index (χ0) is 20.9. The molecule has 0 unspecified atom stereocenters. The van der Waals surface area contributed by atoms with Crippen molar-refractivity contribution in [2.24, 2.45) is 11.5 Å². The van der Waals surface area contributed by atoms with Gasteiger partial charge < -0.3 is 22.1 Å². The predicted octanol–water partition coefficient (Wildman–Crippen LogP) is 4.06. The van der Waals surface area contributed by atoms with Crippen molar-refractivity contribution in [3.05, 3.63) is 115 Å². The summed E-state index contributed by atoms with van der Waals surface area (Å²) in [5.74, 6) is 0. The molecule has 2 aromatic carbocycles. The van der Waals surface area contributed by atoms with Gasteiger partial charge >= 0.3 is 0 Å². The van der Waals surface area contributed by atoms with E-state index in [0.29, 0.717) is 12.2 Å². The average Bonchev–Trinajstić information content (AvgIpc) is 2.73. The summed E-state index contributed by atoms with van der Waals surface area (Å²) in [6.45, 7) is 9.79. The van der Waals surface area contributed by atoms with Crippen LogP contribution in [0.15, 0.2) is 104 Å². The van der Waals surface area contributed by atoms with Crippen LogP contribution < -0.4 is 22.1 Å². The van der Waals surface area contributed by atoms with Gasteiger partial charge in [0.25, 0.3) is 0 Å². The second kappa shape index (κ2) is 12.2. The van der Waals surface area contributed by atoms with E-state index in [-0.39, 0.29) is 0 Å². The Hall–Kier alpha value is -3.34. The van der Waals surface area contributed by atoms with Crippen LogP contribution in [-0.4, -0.2) is 13.1 Å². The van der Waals surface area contributed by atoms with Gasteiger partial charge in [-0.3, -0.25) is 0 Å². The van der Waals surface area contributed by atoms with Crippen molar-refractivity contribution in [2.45, 2.75) is 6.54 Å². The number of benzene rings is 2. The molecule has 0 aromatic heterocycles. The minimum absolute atomic E-state index is 0.497. The van der Waals surface area contributed by atoms with Crippen LogP contribution in [0, 0.1) is 0 Å². The minimum Gasteiger partial charge on any atom is -0.399 e. The Bertz CT molecular complexity index is 907. The lowest BCUT2D eigenvalue weighted by Crippen LogP contribution is -2.12. The number of hydrogen-bond donors (Lipinski definition) is 4. The highest BCUT2D eigenvalue weighted by Crippen LogP contribution is 2.23. The topological polar surface area (TPSA) is 76.1 Å². The Kier molecular flexibility index (Phi) is 9.22. The smallest absolute Gasteiger partial charge is 0.0380 e. The van der Waals surface area contributed by atoms with E-state index in [2.05, 4.69) is 60.2 Å². The normalized spacial score (nSPS) is 11.5. The van der Waals surface area contributed by atoms with E-state index >= 15 is 0 Å². The van der Waals surface area contributed by atoms with Crippen molar-refractivity contribution in [3.8, 4) is 11.1 Å². The molecule has 2 rings (SSSR count). The summed E-state index contributed by atoms with van der Waals surface area (Å²) in [5.41, 5.74) is 16.9. The van der Waals surface area contributed by atoms with Gasteiger partial charge in [0, 0.05) is 31.0 Å². The first kappa shape index (κ1) is 22.0. The average molecular weight is 387 g/mol. The molecule has 4 nitrogen and oxygen atoms in total. The van der Waals surface area contributed by atoms with Crippen LogP contribution >= 0.6 is 0 Å². The first-order valence-corrected chi connectivity index (χ1v) is 9.58. The Morgan fingerprint density at radius 2 is 1.72 bits per heavy atom. The van der Waals surface area contributed by atoms with E-state index < -0.39 is 0 Å². The largest absolute Gasteiger partial charge is 0.399 e. The third kappa shape index (κ3) is 8.05. The molecule has 0 aliphatic carbocycles. The molecule has 0 heterocycles. The second-order valence-electron chi connectivity index (χ2n) is 6.54. The molecular formula is C25H30N4. The molecule has 0 atom stereocenters.